The van der Waals surface area contributed by atoms with Gasteiger partial charge >= 0.3 is 5.97 Å². The molecule has 0 N–H and O–H groups in total. The van der Waals surface area contributed by atoms with E-state index in [1.54, 1.807) is 0 Å². The summed E-state index contributed by atoms with van der Waals surface area (Å²) in [6.07, 6.45) is 7.26. The maximum absolute atomic E-state index is 12.2. The van der Waals surface area contributed by atoms with Gasteiger partial charge in [0.1, 0.15) is 0 Å². The minimum atomic E-state index is -0.694. The number of rotatable bonds is 1. The van der Waals surface area contributed by atoms with Crippen LogP contribution in [0.15, 0.2) is 23.3 Å². The third kappa shape index (κ3) is 2.72. The maximum Gasteiger partial charge on any atom is 0.303 e. The van der Waals surface area contributed by atoms with Crippen molar-refractivity contribution in [2.75, 3.05) is 0 Å². The lowest BCUT2D eigenvalue weighted by atomic mass is 9.64. The summed E-state index contributed by atoms with van der Waals surface area (Å²) in [5, 5.41) is 0. The monoisotopic (exact) mass is 276 g/mol. The van der Waals surface area contributed by atoms with E-state index in [1.165, 1.54) is 12.5 Å². The Morgan fingerprint density at radius 3 is 2.75 bits per heavy atom. The van der Waals surface area contributed by atoms with Gasteiger partial charge in [-0.1, -0.05) is 31.6 Å². The third-order valence-electron chi connectivity index (χ3n) is 4.86. The van der Waals surface area contributed by atoms with E-state index in [-0.39, 0.29) is 11.2 Å². The average Bonchev–Trinajstić information content (AvgIpc) is 2.36. The van der Waals surface area contributed by atoms with Gasteiger partial charge in [0, 0.05) is 18.8 Å². The molecule has 3 atom stereocenters. The molecule has 0 aliphatic heterocycles. The van der Waals surface area contributed by atoms with Gasteiger partial charge in [0.2, 0.25) is 0 Å². The Hall–Kier alpha value is -1.38. The molecule has 0 fully saturated rings. The van der Waals surface area contributed by atoms with E-state index in [0.29, 0.717) is 12.3 Å². The summed E-state index contributed by atoms with van der Waals surface area (Å²) in [7, 11) is 0. The Kier molecular flexibility index (Phi) is 4.17. The molecule has 0 bridgehead atoms. The molecule has 3 heteroatoms. The van der Waals surface area contributed by atoms with Crippen molar-refractivity contribution < 1.29 is 14.3 Å². The Balaban J connectivity index is 2.42. The Bertz CT molecular complexity index is 486. The van der Waals surface area contributed by atoms with Crippen LogP contribution in [0.3, 0.4) is 0 Å². The van der Waals surface area contributed by atoms with Crippen LogP contribution in [0.4, 0.5) is 0 Å². The largest absolute Gasteiger partial charge is 0.450 e. The number of fused-ring (bicyclic) bond motifs is 1. The molecule has 2 aliphatic carbocycles. The molecule has 0 heterocycles. The first-order valence-electron chi connectivity index (χ1n) is 7.43. The molecular weight excluding hydrogens is 252 g/mol. The van der Waals surface area contributed by atoms with Gasteiger partial charge in [-0.3, -0.25) is 9.59 Å². The average molecular weight is 276 g/mol. The zero-order valence-electron chi connectivity index (χ0n) is 12.9. The van der Waals surface area contributed by atoms with E-state index in [1.807, 2.05) is 6.92 Å². The van der Waals surface area contributed by atoms with Crippen molar-refractivity contribution in [2.24, 2.45) is 11.3 Å². The second kappa shape index (κ2) is 5.55. The number of hydrogen-bond acceptors (Lipinski definition) is 3. The van der Waals surface area contributed by atoms with Crippen LogP contribution >= 0.6 is 0 Å². The minimum Gasteiger partial charge on any atom is -0.450 e. The summed E-state index contributed by atoms with van der Waals surface area (Å²) >= 11 is 0. The fraction of sp³-hybridized carbons (Fsp3) is 0.647. The van der Waals surface area contributed by atoms with Gasteiger partial charge in [-0.05, 0) is 37.7 Å². The van der Waals surface area contributed by atoms with Crippen LogP contribution in [0.5, 0.6) is 0 Å². The maximum atomic E-state index is 12.2. The molecule has 0 saturated carbocycles. The van der Waals surface area contributed by atoms with Crippen LogP contribution in [0.1, 0.15) is 53.4 Å². The lowest BCUT2D eigenvalue weighted by molar-refractivity contribution is -0.150. The second-order valence-corrected chi connectivity index (χ2v) is 6.33. The molecule has 0 aromatic rings. The predicted molar refractivity (Wildman–Crippen MR) is 78.1 cm³/mol. The number of ether oxygens (including phenoxy) is 1. The van der Waals surface area contributed by atoms with Crippen molar-refractivity contribution in [3.05, 3.63) is 23.3 Å². The minimum absolute atomic E-state index is 0.00938. The lowest BCUT2D eigenvalue weighted by Gasteiger charge is -2.41. The number of allylic oxidation sites excluding steroid dienone is 3. The zero-order chi connectivity index (χ0) is 14.9. The summed E-state index contributed by atoms with van der Waals surface area (Å²) in [6, 6.07) is 0. The van der Waals surface area contributed by atoms with Crippen molar-refractivity contribution >= 4 is 11.8 Å². The van der Waals surface area contributed by atoms with Gasteiger partial charge < -0.3 is 4.74 Å². The van der Waals surface area contributed by atoms with Crippen molar-refractivity contribution in [2.45, 2.75) is 59.5 Å². The zero-order valence-corrected chi connectivity index (χ0v) is 12.9. The molecule has 0 radical (unpaired) electrons. The SMILES string of the molecule is CC(=O)OC1C(=O)CCC2=CCCC(C)C2(C)C=C1C. The molecule has 0 saturated heterocycles. The summed E-state index contributed by atoms with van der Waals surface area (Å²) in [6.45, 7) is 7.77. The molecular formula is C17H24O3. The van der Waals surface area contributed by atoms with Crippen molar-refractivity contribution in [3.63, 3.8) is 0 Å². The quantitative estimate of drug-likeness (QED) is 0.543. The first-order chi connectivity index (χ1) is 9.34. The van der Waals surface area contributed by atoms with Crippen LogP contribution in [-0.2, 0) is 14.3 Å². The van der Waals surface area contributed by atoms with Gasteiger partial charge in [-0.2, -0.15) is 0 Å². The van der Waals surface area contributed by atoms with E-state index in [9.17, 15) is 9.59 Å². The topological polar surface area (TPSA) is 43.4 Å². The van der Waals surface area contributed by atoms with Gasteiger partial charge in [0.25, 0.3) is 0 Å². The highest BCUT2D eigenvalue weighted by atomic mass is 16.5. The Morgan fingerprint density at radius 2 is 2.10 bits per heavy atom. The van der Waals surface area contributed by atoms with Gasteiger partial charge in [-0.25, -0.2) is 0 Å². The van der Waals surface area contributed by atoms with Crippen LogP contribution in [-0.4, -0.2) is 17.9 Å². The highest BCUT2D eigenvalue weighted by molar-refractivity contribution is 5.88. The number of Topliss-reactive ketones (excluding diaryl/α,β-unsaturated/α-hetero) is 1. The van der Waals surface area contributed by atoms with Crippen LogP contribution in [0, 0.1) is 11.3 Å². The van der Waals surface area contributed by atoms with Gasteiger partial charge in [-0.15, -0.1) is 0 Å². The molecule has 0 aromatic carbocycles. The standard InChI is InChI=1S/C17H24O3/c1-11-10-17(4)12(2)6-5-7-14(17)8-9-15(19)16(11)20-13(3)18/h7,10,12,16H,5-6,8-9H2,1-4H3. The molecule has 3 unspecified atom stereocenters. The molecule has 110 valence electrons. The van der Waals surface area contributed by atoms with E-state index in [2.05, 4.69) is 26.0 Å². The molecule has 2 aliphatic rings. The normalized spacial score (nSPS) is 34.3. The first kappa shape index (κ1) is 15.0. The predicted octanol–water partition coefficient (Wildman–Crippen LogP) is 3.59. The van der Waals surface area contributed by atoms with Gasteiger partial charge in [0.05, 0.1) is 0 Å². The first-order valence-corrected chi connectivity index (χ1v) is 7.43. The Labute approximate surface area is 121 Å². The molecule has 0 amide bonds. The molecule has 2 rings (SSSR count). The van der Waals surface area contributed by atoms with E-state index in [0.717, 1.165) is 24.8 Å². The highest BCUT2D eigenvalue weighted by Crippen LogP contribution is 2.47. The van der Waals surface area contributed by atoms with Crippen LogP contribution in [0.2, 0.25) is 0 Å². The molecule has 0 spiro atoms. The number of carbonyl (C=O) groups excluding carboxylic acids is 2. The van der Waals surface area contributed by atoms with E-state index in [4.69, 9.17) is 4.74 Å². The van der Waals surface area contributed by atoms with Crippen molar-refractivity contribution in [1.82, 2.24) is 0 Å². The van der Waals surface area contributed by atoms with E-state index < -0.39 is 12.1 Å². The molecule has 3 nitrogen and oxygen atoms in total. The summed E-state index contributed by atoms with van der Waals surface area (Å²) in [5.74, 6) is 0.160. The molecule has 20 heavy (non-hydrogen) atoms. The fourth-order valence-corrected chi connectivity index (χ4v) is 3.47. The van der Waals surface area contributed by atoms with Crippen LogP contribution < -0.4 is 0 Å². The molecule has 0 aromatic heterocycles. The summed E-state index contributed by atoms with van der Waals surface area (Å²) in [5.41, 5.74) is 2.22. The van der Waals surface area contributed by atoms with Gasteiger partial charge in [0.15, 0.2) is 11.9 Å². The van der Waals surface area contributed by atoms with Crippen molar-refractivity contribution in [1.29, 1.82) is 0 Å². The van der Waals surface area contributed by atoms with E-state index >= 15 is 0 Å². The van der Waals surface area contributed by atoms with Crippen molar-refractivity contribution in [3.8, 4) is 0 Å². The second-order valence-electron chi connectivity index (χ2n) is 6.33. The lowest BCUT2D eigenvalue weighted by Crippen LogP contribution is -2.35. The smallest absolute Gasteiger partial charge is 0.303 e. The Morgan fingerprint density at radius 1 is 1.40 bits per heavy atom. The fourth-order valence-electron chi connectivity index (χ4n) is 3.47. The number of ketones is 1. The summed E-state index contributed by atoms with van der Waals surface area (Å²) < 4.78 is 5.24. The third-order valence-corrected chi connectivity index (χ3v) is 4.86. The highest BCUT2D eigenvalue weighted by Gasteiger charge is 2.38. The summed E-state index contributed by atoms with van der Waals surface area (Å²) in [4.78, 5) is 23.4. The number of hydrogen-bond donors (Lipinski definition) is 0. The number of carbonyl (C=O) groups is 2. The number of esters is 1. The van der Waals surface area contributed by atoms with Crippen LogP contribution in [0.25, 0.3) is 0 Å².